The largest absolute Gasteiger partial charge is 0.494 e. The Morgan fingerprint density at radius 2 is 1.80 bits per heavy atom. The standard InChI is InChI=1S/C17H21NO2/c1-3-20-17-11-7-4-8-14(17)12-18-16-10-6-5-9-15(16)13(2)19/h4-11,13,18-19H,3,12H2,1-2H3. The normalized spacial score (nSPS) is 11.9. The van der Waals surface area contributed by atoms with E-state index in [1.807, 2.05) is 55.5 Å². The molecular weight excluding hydrogens is 250 g/mol. The number of ether oxygens (including phenoxy) is 1. The molecule has 0 aliphatic carbocycles. The van der Waals surface area contributed by atoms with E-state index in [0.29, 0.717) is 13.2 Å². The molecule has 106 valence electrons. The predicted molar refractivity (Wildman–Crippen MR) is 82.0 cm³/mol. The number of aliphatic hydroxyl groups is 1. The van der Waals surface area contributed by atoms with E-state index in [4.69, 9.17) is 4.74 Å². The summed E-state index contributed by atoms with van der Waals surface area (Å²) in [6, 6.07) is 15.8. The Balaban J connectivity index is 2.13. The van der Waals surface area contributed by atoms with E-state index in [1.165, 1.54) is 0 Å². The van der Waals surface area contributed by atoms with E-state index in [1.54, 1.807) is 6.92 Å². The molecule has 0 saturated heterocycles. The quantitative estimate of drug-likeness (QED) is 0.840. The van der Waals surface area contributed by atoms with Crippen LogP contribution in [0.4, 0.5) is 5.69 Å². The van der Waals surface area contributed by atoms with Gasteiger partial charge in [-0.1, -0.05) is 36.4 Å². The Morgan fingerprint density at radius 3 is 2.55 bits per heavy atom. The maximum absolute atomic E-state index is 9.78. The zero-order valence-electron chi connectivity index (χ0n) is 12.0. The monoisotopic (exact) mass is 271 g/mol. The molecule has 0 aromatic heterocycles. The summed E-state index contributed by atoms with van der Waals surface area (Å²) in [6.07, 6.45) is -0.485. The van der Waals surface area contributed by atoms with Crippen LogP contribution in [-0.4, -0.2) is 11.7 Å². The van der Waals surface area contributed by atoms with Crippen molar-refractivity contribution in [1.82, 2.24) is 0 Å². The summed E-state index contributed by atoms with van der Waals surface area (Å²) in [5.74, 6) is 0.900. The number of aliphatic hydroxyl groups excluding tert-OH is 1. The molecule has 0 radical (unpaired) electrons. The van der Waals surface area contributed by atoms with Crippen LogP contribution in [0.15, 0.2) is 48.5 Å². The fourth-order valence-corrected chi connectivity index (χ4v) is 2.16. The number of rotatable bonds is 6. The smallest absolute Gasteiger partial charge is 0.124 e. The van der Waals surface area contributed by atoms with Crippen molar-refractivity contribution in [2.45, 2.75) is 26.5 Å². The van der Waals surface area contributed by atoms with Crippen molar-refractivity contribution in [1.29, 1.82) is 0 Å². The second-order valence-electron chi connectivity index (χ2n) is 4.66. The molecule has 2 rings (SSSR count). The summed E-state index contributed by atoms with van der Waals surface area (Å²) in [7, 11) is 0. The van der Waals surface area contributed by atoms with Crippen LogP contribution in [-0.2, 0) is 6.54 Å². The van der Waals surface area contributed by atoms with Gasteiger partial charge in [-0.2, -0.15) is 0 Å². The lowest BCUT2D eigenvalue weighted by atomic mass is 10.1. The molecule has 2 aromatic rings. The van der Waals surface area contributed by atoms with Crippen molar-refractivity contribution >= 4 is 5.69 Å². The Kier molecular flexibility index (Phi) is 5.02. The molecule has 0 aliphatic heterocycles. The molecule has 3 nitrogen and oxygen atoms in total. The van der Waals surface area contributed by atoms with Gasteiger partial charge in [0.25, 0.3) is 0 Å². The van der Waals surface area contributed by atoms with Crippen molar-refractivity contribution in [3.63, 3.8) is 0 Å². The fourth-order valence-electron chi connectivity index (χ4n) is 2.16. The highest BCUT2D eigenvalue weighted by atomic mass is 16.5. The minimum Gasteiger partial charge on any atom is -0.494 e. The summed E-state index contributed by atoms with van der Waals surface area (Å²) in [6.45, 7) is 5.07. The van der Waals surface area contributed by atoms with Crippen LogP contribution in [0.25, 0.3) is 0 Å². The van der Waals surface area contributed by atoms with Crippen molar-refractivity contribution < 1.29 is 9.84 Å². The van der Waals surface area contributed by atoms with Crippen molar-refractivity contribution in [2.24, 2.45) is 0 Å². The maximum atomic E-state index is 9.78. The van der Waals surface area contributed by atoms with Crippen LogP contribution >= 0.6 is 0 Å². The molecular formula is C17H21NO2. The van der Waals surface area contributed by atoms with Crippen LogP contribution in [0.1, 0.15) is 31.1 Å². The lowest BCUT2D eigenvalue weighted by Crippen LogP contribution is -2.06. The Hall–Kier alpha value is -2.00. The van der Waals surface area contributed by atoms with Gasteiger partial charge in [-0.05, 0) is 26.0 Å². The highest BCUT2D eigenvalue weighted by Gasteiger charge is 2.08. The summed E-state index contributed by atoms with van der Waals surface area (Å²) in [4.78, 5) is 0. The number of hydrogen-bond donors (Lipinski definition) is 2. The third kappa shape index (κ3) is 3.52. The van der Waals surface area contributed by atoms with Gasteiger partial charge >= 0.3 is 0 Å². The lowest BCUT2D eigenvalue weighted by Gasteiger charge is -2.15. The second kappa shape index (κ2) is 6.96. The van der Waals surface area contributed by atoms with Gasteiger partial charge in [-0.3, -0.25) is 0 Å². The first kappa shape index (κ1) is 14.4. The number of benzene rings is 2. The Morgan fingerprint density at radius 1 is 1.10 bits per heavy atom. The molecule has 20 heavy (non-hydrogen) atoms. The van der Waals surface area contributed by atoms with E-state index < -0.39 is 6.10 Å². The van der Waals surface area contributed by atoms with Gasteiger partial charge in [0.15, 0.2) is 0 Å². The average molecular weight is 271 g/mol. The average Bonchev–Trinajstić information content (AvgIpc) is 2.47. The molecule has 0 saturated carbocycles. The first-order valence-electron chi connectivity index (χ1n) is 6.94. The van der Waals surface area contributed by atoms with Crippen molar-refractivity contribution in [3.8, 4) is 5.75 Å². The summed E-state index contributed by atoms with van der Waals surface area (Å²) < 4.78 is 5.61. The molecule has 1 atom stereocenters. The maximum Gasteiger partial charge on any atom is 0.124 e. The van der Waals surface area contributed by atoms with Crippen molar-refractivity contribution in [2.75, 3.05) is 11.9 Å². The molecule has 2 aromatic carbocycles. The molecule has 0 fully saturated rings. The zero-order chi connectivity index (χ0) is 14.4. The third-order valence-electron chi connectivity index (χ3n) is 3.15. The van der Waals surface area contributed by atoms with Gasteiger partial charge in [0.1, 0.15) is 5.75 Å². The molecule has 0 bridgehead atoms. The summed E-state index contributed by atoms with van der Waals surface area (Å²) >= 11 is 0. The fraction of sp³-hybridized carbons (Fsp3) is 0.294. The summed E-state index contributed by atoms with van der Waals surface area (Å²) in [5.41, 5.74) is 2.96. The first-order chi connectivity index (χ1) is 9.72. The second-order valence-corrected chi connectivity index (χ2v) is 4.66. The number of hydrogen-bond acceptors (Lipinski definition) is 3. The van der Waals surface area contributed by atoms with Crippen molar-refractivity contribution in [3.05, 3.63) is 59.7 Å². The van der Waals surface area contributed by atoms with Gasteiger partial charge in [0.05, 0.1) is 12.7 Å². The van der Waals surface area contributed by atoms with E-state index in [9.17, 15) is 5.11 Å². The van der Waals surface area contributed by atoms with E-state index >= 15 is 0 Å². The minimum atomic E-state index is -0.485. The molecule has 0 spiro atoms. The van der Waals surface area contributed by atoms with E-state index in [0.717, 1.165) is 22.6 Å². The first-order valence-corrected chi connectivity index (χ1v) is 6.94. The number of nitrogens with one attached hydrogen (secondary N) is 1. The van der Waals surface area contributed by atoms with E-state index in [-0.39, 0.29) is 0 Å². The lowest BCUT2D eigenvalue weighted by molar-refractivity contribution is 0.200. The minimum absolute atomic E-state index is 0.485. The Bertz CT molecular complexity index is 552. The molecule has 1 unspecified atom stereocenters. The van der Waals surface area contributed by atoms with Crippen LogP contribution < -0.4 is 10.1 Å². The van der Waals surface area contributed by atoms with Crippen LogP contribution in [0.2, 0.25) is 0 Å². The number of anilines is 1. The highest BCUT2D eigenvalue weighted by Crippen LogP contribution is 2.24. The van der Waals surface area contributed by atoms with Gasteiger partial charge < -0.3 is 15.2 Å². The molecule has 0 aliphatic rings. The topological polar surface area (TPSA) is 41.5 Å². The van der Waals surface area contributed by atoms with Crippen LogP contribution in [0.5, 0.6) is 5.75 Å². The highest BCUT2D eigenvalue weighted by molar-refractivity contribution is 5.53. The predicted octanol–water partition coefficient (Wildman–Crippen LogP) is 3.75. The Labute approximate surface area is 120 Å². The molecule has 0 heterocycles. The molecule has 3 heteroatoms. The summed E-state index contributed by atoms with van der Waals surface area (Å²) in [5, 5.41) is 13.1. The van der Waals surface area contributed by atoms with Crippen LogP contribution in [0.3, 0.4) is 0 Å². The van der Waals surface area contributed by atoms with Gasteiger partial charge in [0, 0.05) is 23.4 Å². The SMILES string of the molecule is CCOc1ccccc1CNc1ccccc1C(C)O. The zero-order valence-corrected chi connectivity index (χ0v) is 12.0. The van der Waals surface area contributed by atoms with Gasteiger partial charge in [-0.15, -0.1) is 0 Å². The van der Waals surface area contributed by atoms with Gasteiger partial charge in [-0.25, -0.2) is 0 Å². The van der Waals surface area contributed by atoms with E-state index in [2.05, 4.69) is 5.32 Å². The molecule has 2 N–H and O–H groups in total. The van der Waals surface area contributed by atoms with Crippen LogP contribution in [0, 0.1) is 0 Å². The van der Waals surface area contributed by atoms with Gasteiger partial charge in [0.2, 0.25) is 0 Å². The number of para-hydroxylation sites is 2. The molecule has 0 amide bonds. The third-order valence-corrected chi connectivity index (χ3v) is 3.15.